The van der Waals surface area contributed by atoms with Crippen LogP contribution in [0.5, 0.6) is 0 Å². The fourth-order valence-corrected chi connectivity index (χ4v) is 2.50. The van der Waals surface area contributed by atoms with Crippen molar-refractivity contribution < 1.29 is 9.47 Å². The highest BCUT2D eigenvalue weighted by Crippen LogP contribution is 2.39. The summed E-state index contributed by atoms with van der Waals surface area (Å²) >= 11 is 0. The van der Waals surface area contributed by atoms with Gasteiger partial charge in [-0.3, -0.25) is 0 Å². The van der Waals surface area contributed by atoms with E-state index in [-0.39, 0.29) is 5.79 Å². The second-order valence-electron chi connectivity index (χ2n) is 4.22. The van der Waals surface area contributed by atoms with Crippen LogP contribution in [0.25, 0.3) is 0 Å². The summed E-state index contributed by atoms with van der Waals surface area (Å²) in [5.74, 6) is -0.267. The lowest BCUT2D eigenvalue weighted by molar-refractivity contribution is -0.181. The van der Waals surface area contributed by atoms with Crippen LogP contribution in [0.3, 0.4) is 0 Å². The third kappa shape index (κ3) is 1.66. The molecule has 5 heteroatoms. The second kappa shape index (κ2) is 3.57. The Hall–Kier alpha value is -0.940. The van der Waals surface area contributed by atoms with Gasteiger partial charge in [0.2, 0.25) is 0 Å². The first kappa shape index (κ1) is 9.30. The van der Waals surface area contributed by atoms with E-state index in [0.29, 0.717) is 6.04 Å². The molecule has 1 aromatic heterocycles. The summed E-state index contributed by atoms with van der Waals surface area (Å²) in [6, 6.07) is 0.464. The van der Waals surface area contributed by atoms with Gasteiger partial charge in [0.1, 0.15) is 0 Å². The number of hydrogen-bond donors (Lipinski definition) is 0. The SMILES string of the molecule is c1cn(C2CCC3(CC2)OCCO3)nn1. The summed E-state index contributed by atoms with van der Waals surface area (Å²) in [6.07, 6.45) is 7.72. The summed E-state index contributed by atoms with van der Waals surface area (Å²) in [6.45, 7) is 1.49. The second-order valence-corrected chi connectivity index (χ2v) is 4.22. The summed E-state index contributed by atoms with van der Waals surface area (Å²) in [4.78, 5) is 0. The molecule has 5 nitrogen and oxygen atoms in total. The Bertz CT molecular complexity index is 309. The van der Waals surface area contributed by atoms with E-state index >= 15 is 0 Å². The molecule has 2 aliphatic rings. The molecule has 0 aromatic carbocycles. The van der Waals surface area contributed by atoms with Crippen LogP contribution in [0.15, 0.2) is 12.4 Å². The molecule has 0 amide bonds. The van der Waals surface area contributed by atoms with Crippen molar-refractivity contribution in [2.75, 3.05) is 13.2 Å². The maximum Gasteiger partial charge on any atom is 0.168 e. The van der Waals surface area contributed by atoms with E-state index in [9.17, 15) is 0 Å². The zero-order valence-electron chi connectivity index (χ0n) is 8.63. The summed E-state index contributed by atoms with van der Waals surface area (Å²) in [5, 5.41) is 7.88. The number of rotatable bonds is 1. The molecule has 1 saturated carbocycles. The van der Waals surface area contributed by atoms with Gasteiger partial charge in [-0.2, -0.15) is 0 Å². The molecular weight excluding hydrogens is 194 g/mol. The molecule has 1 aliphatic carbocycles. The molecule has 0 N–H and O–H groups in total. The largest absolute Gasteiger partial charge is 0.348 e. The zero-order chi connectivity index (χ0) is 10.1. The molecule has 2 heterocycles. The minimum Gasteiger partial charge on any atom is -0.348 e. The van der Waals surface area contributed by atoms with Crippen LogP contribution in [-0.4, -0.2) is 34.0 Å². The Morgan fingerprint density at radius 3 is 2.53 bits per heavy atom. The fraction of sp³-hybridized carbons (Fsp3) is 0.800. The van der Waals surface area contributed by atoms with E-state index < -0.39 is 0 Å². The zero-order valence-corrected chi connectivity index (χ0v) is 8.63. The van der Waals surface area contributed by atoms with Crippen LogP contribution in [0.1, 0.15) is 31.7 Å². The third-order valence-corrected chi connectivity index (χ3v) is 3.35. The van der Waals surface area contributed by atoms with Gasteiger partial charge in [-0.15, -0.1) is 5.10 Å². The van der Waals surface area contributed by atoms with Crippen LogP contribution in [0, 0.1) is 0 Å². The van der Waals surface area contributed by atoms with E-state index in [1.165, 1.54) is 0 Å². The van der Waals surface area contributed by atoms with Gasteiger partial charge in [0.25, 0.3) is 0 Å². The quantitative estimate of drug-likeness (QED) is 0.695. The molecule has 1 spiro atoms. The Morgan fingerprint density at radius 1 is 1.20 bits per heavy atom. The van der Waals surface area contributed by atoms with Gasteiger partial charge in [0.05, 0.1) is 25.5 Å². The minimum absolute atomic E-state index is 0.267. The molecule has 15 heavy (non-hydrogen) atoms. The van der Waals surface area contributed by atoms with E-state index in [0.717, 1.165) is 38.9 Å². The van der Waals surface area contributed by atoms with Gasteiger partial charge in [-0.05, 0) is 12.8 Å². The van der Waals surface area contributed by atoms with Crippen LogP contribution in [0.4, 0.5) is 0 Å². The molecule has 1 aliphatic heterocycles. The summed E-state index contributed by atoms with van der Waals surface area (Å²) in [5.41, 5.74) is 0. The van der Waals surface area contributed by atoms with Crippen molar-refractivity contribution in [3.05, 3.63) is 12.4 Å². The normalized spacial score (nSPS) is 26.1. The van der Waals surface area contributed by atoms with Crippen LogP contribution in [0.2, 0.25) is 0 Å². The van der Waals surface area contributed by atoms with Crippen LogP contribution >= 0.6 is 0 Å². The molecule has 3 rings (SSSR count). The molecule has 0 atom stereocenters. The van der Waals surface area contributed by atoms with Crippen molar-refractivity contribution in [1.82, 2.24) is 15.0 Å². The molecule has 0 radical (unpaired) electrons. The fourth-order valence-electron chi connectivity index (χ4n) is 2.50. The lowest BCUT2D eigenvalue weighted by Crippen LogP contribution is -2.35. The highest BCUT2D eigenvalue weighted by Gasteiger charge is 2.40. The lowest BCUT2D eigenvalue weighted by Gasteiger charge is -2.35. The van der Waals surface area contributed by atoms with Crippen molar-refractivity contribution >= 4 is 0 Å². The Balaban J connectivity index is 1.65. The van der Waals surface area contributed by atoms with Gasteiger partial charge >= 0.3 is 0 Å². The molecule has 0 bridgehead atoms. The predicted octanol–water partition coefficient (Wildman–Crippen LogP) is 1.14. The predicted molar refractivity (Wildman–Crippen MR) is 52.2 cm³/mol. The number of ether oxygens (including phenoxy) is 2. The standard InChI is InChI=1S/C10H15N3O2/c1-3-10(14-7-8-15-10)4-2-9(1)13-6-5-11-12-13/h5-6,9H,1-4,7-8H2. The molecule has 2 fully saturated rings. The lowest BCUT2D eigenvalue weighted by atomic mass is 9.90. The molecule has 82 valence electrons. The van der Waals surface area contributed by atoms with Gasteiger partial charge in [-0.25, -0.2) is 4.68 Å². The van der Waals surface area contributed by atoms with Gasteiger partial charge in [-0.1, -0.05) is 5.21 Å². The van der Waals surface area contributed by atoms with Crippen molar-refractivity contribution in [3.8, 4) is 0 Å². The summed E-state index contributed by atoms with van der Waals surface area (Å²) in [7, 11) is 0. The number of nitrogens with zero attached hydrogens (tertiary/aromatic N) is 3. The number of hydrogen-bond acceptors (Lipinski definition) is 4. The first-order chi connectivity index (χ1) is 7.38. The molecule has 1 aromatic rings. The maximum absolute atomic E-state index is 5.68. The maximum atomic E-state index is 5.68. The average Bonchev–Trinajstić information content (AvgIpc) is 2.91. The van der Waals surface area contributed by atoms with Gasteiger partial charge < -0.3 is 9.47 Å². The smallest absolute Gasteiger partial charge is 0.168 e. The van der Waals surface area contributed by atoms with Crippen LogP contribution in [-0.2, 0) is 9.47 Å². The Kier molecular flexibility index (Phi) is 2.21. The van der Waals surface area contributed by atoms with Gasteiger partial charge in [0, 0.05) is 19.0 Å². The van der Waals surface area contributed by atoms with E-state index in [4.69, 9.17) is 9.47 Å². The Morgan fingerprint density at radius 2 is 1.93 bits per heavy atom. The van der Waals surface area contributed by atoms with Gasteiger partial charge in [0.15, 0.2) is 5.79 Å². The summed E-state index contributed by atoms with van der Waals surface area (Å²) < 4.78 is 13.3. The molecular formula is C10H15N3O2. The topological polar surface area (TPSA) is 49.2 Å². The van der Waals surface area contributed by atoms with Crippen molar-refractivity contribution in [1.29, 1.82) is 0 Å². The van der Waals surface area contributed by atoms with Crippen molar-refractivity contribution in [2.24, 2.45) is 0 Å². The highest BCUT2D eigenvalue weighted by atomic mass is 16.7. The average molecular weight is 209 g/mol. The monoisotopic (exact) mass is 209 g/mol. The first-order valence-corrected chi connectivity index (χ1v) is 5.52. The molecule has 1 saturated heterocycles. The number of aromatic nitrogens is 3. The Labute approximate surface area is 88.4 Å². The highest BCUT2D eigenvalue weighted by molar-refractivity contribution is 4.85. The van der Waals surface area contributed by atoms with Crippen molar-refractivity contribution in [3.63, 3.8) is 0 Å². The third-order valence-electron chi connectivity index (χ3n) is 3.35. The first-order valence-electron chi connectivity index (χ1n) is 5.52. The van der Waals surface area contributed by atoms with E-state index in [2.05, 4.69) is 10.3 Å². The van der Waals surface area contributed by atoms with E-state index in [1.54, 1.807) is 6.20 Å². The molecule has 0 unspecified atom stereocenters. The minimum atomic E-state index is -0.267. The van der Waals surface area contributed by atoms with Crippen LogP contribution < -0.4 is 0 Å². The van der Waals surface area contributed by atoms with Crippen molar-refractivity contribution in [2.45, 2.75) is 37.5 Å². The van der Waals surface area contributed by atoms with E-state index in [1.807, 2.05) is 10.9 Å².